The Kier molecular flexibility index (Phi) is 4.41. The summed E-state index contributed by atoms with van der Waals surface area (Å²) in [5, 5.41) is 31.5. The molecule has 0 radical (unpaired) electrons. The normalized spacial score (nSPS) is 51.3. The molecule has 1 heterocycles. The molecule has 0 amide bonds. The van der Waals surface area contributed by atoms with Gasteiger partial charge in [-0.15, -0.1) is 0 Å². The number of hydrogen-bond acceptors (Lipinski definition) is 5. The average Bonchev–Trinajstić information content (AvgIpc) is 2.33. The molecule has 0 spiro atoms. The van der Waals surface area contributed by atoms with Gasteiger partial charge in [0.2, 0.25) is 0 Å². The van der Waals surface area contributed by atoms with Crippen LogP contribution >= 0.6 is 0 Å². The highest BCUT2D eigenvalue weighted by Gasteiger charge is 2.69. The molecule has 1 rings (SSSR count). The zero-order valence-corrected chi connectivity index (χ0v) is 12.9. The second-order valence-corrected chi connectivity index (χ2v) is 6.37. The average molecular weight is 276 g/mol. The molecule has 5 heteroatoms. The summed E-state index contributed by atoms with van der Waals surface area (Å²) < 4.78 is 11.1. The van der Waals surface area contributed by atoms with E-state index in [0.29, 0.717) is 6.42 Å². The Morgan fingerprint density at radius 3 is 2.00 bits per heavy atom. The van der Waals surface area contributed by atoms with Gasteiger partial charge in [0.15, 0.2) is 0 Å². The number of aliphatic hydroxyl groups excluding tert-OH is 1. The first-order valence-electron chi connectivity index (χ1n) is 6.76. The van der Waals surface area contributed by atoms with Crippen molar-refractivity contribution in [3.8, 4) is 0 Å². The number of rotatable bonds is 4. The smallest absolute Gasteiger partial charge is 0.119 e. The van der Waals surface area contributed by atoms with E-state index < -0.39 is 28.3 Å². The van der Waals surface area contributed by atoms with Gasteiger partial charge in [-0.1, -0.05) is 13.8 Å². The molecule has 114 valence electrons. The third-order valence-electron chi connectivity index (χ3n) is 5.49. The Labute approximate surface area is 115 Å². The van der Waals surface area contributed by atoms with E-state index >= 15 is 0 Å². The lowest BCUT2D eigenvalue weighted by Gasteiger charge is -2.64. The van der Waals surface area contributed by atoms with E-state index in [1.807, 2.05) is 6.92 Å². The molecule has 0 aromatic carbocycles. The molecule has 3 N–H and O–H groups in total. The Hall–Kier alpha value is -0.200. The van der Waals surface area contributed by atoms with Crippen molar-refractivity contribution in [3.05, 3.63) is 0 Å². The van der Waals surface area contributed by atoms with Gasteiger partial charge in [-0.05, 0) is 27.2 Å². The lowest BCUT2D eigenvalue weighted by molar-refractivity contribution is -0.363. The van der Waals surface area contributed by atoms with Crippen LogP contribution in [0.1, 0.15) is 41.0 Å². The van der Waals surface area contributed by atoms with E-state index in [2.05, 4.69) is 0 Å². The van der Waals surface area contributed by atoms with Gasteiger partial charge in [0, 0.05) is 7.11 Å². The Bertz CT molecular complexity index is 328. The minimum Gasteiger partial charge on any atom is -0.394 e. The zero-order chi connectivity index (χ0) is 15.1. The van der Waals surface area contributed by atoms with Gasteiger partial charge in [-0.3, -0.25) is 0 Å². The molecular formula is C14H28O5. The summed E-state index contributed by atoms with van der Waals surface area (Å²) in [6.45, 7) is 8.53. The number of methoxy groups -OCH3 is 1. The minimum atomic E-state index is -1.47. The van der Waals surface area contributed by atoms with Crippen molar-refractivity contribution in [3.63, 3.8) is 0 Å². The van der Waals surface area contributed by atoms with Crippen LogP contribution in [0.25, 0.3) is 0 Å². The van der Waals surface area contributed by atoms with Crippen molar-refractivity contribution in [2.24, 2.45) is 5.41 Å². The fraction of sp³-hybridized carbons (Fsp3) is 1.00. The number of hydrogen-bond donors (Lipinski definition) is 3. The third kappa shape index (κ3) is 2.03. The summed E-state index contributed by atoms with van der Waals surface area (Å²) in [6.07, 6.45) is -0.0805. The van der Waals surface area contributed by atoms with Crippen molar-refractivity contribution >= 4 is 0 Å². The predicted molar refractivity (Wildman–Crippen MR) is 71.9 cm³/mol. The lowest BCUT2D eigenvalue weighted by Crippen LogP contribution is -2.78. The number of aliphatic hydroxyl groups is 3. The van der Waals surface area contributed by atoms with Crippen molar-refractivity contribution in [1.29, 1.82) is 0 Å². The van der Waals surface area contributed by atoms with E-state index in [0.717, 1.165) is 0 Å². The first-order chi connectivity index (χ1) is 8.54. The summed E-state index contributed by atoms with van der Waals surface area (Å²) in [5.74, 6) is 0. The van der Waals surface area contributed by atoms with Gasteiger partial charge in [0.25, 0.3) is 0 Å². The molecule has 0 aliphatic carbocycles. The highest BCUT2D eigenvalue weighted by atomic mass is 16.6. The highest BCUT2D eigenvalue weighted by molar-refractivity contribution is 5.18. The molecular weight excluding hydrogens is 248 g/mol. The Morgan fingerprint density at radius 2 is 1.63 bits per heavy atom. The fourth-order valence-electron chi connectivity index (χ4n) is 3.14. The summed E-state index contributed by atoms with van der Waals surface area (Å²) >= 11 is 0. The Balaban J connectivity index is 3.38. The maximum Gasteiger partial charge on any atom is 0.119 e. The van der Waals surface area contributed by atoms with Crippen molar-refractivity contribution in [2.45, 2.75) is 63.9 Å². The largest absolute Gasteiger partial charge is 0.394 e. The SMILES string of the molecule is CC[C@@]1(C)OC(CO)[C@@](C)(COC)C(C)(O)C1(C)O. The lowest BCUT2D eigenvalue weighted by atomic mass is 9.56. The zero-order valence-electron chi connectivity index (χ0n) is 12.9. The van der Waals surface area contributed by atoms with Gasteiger partial charge in [0.05, 0.1) is 30.3 Å². The summed E-state index contributed by atoms with van der Waals surface area (Å²) in [4.78, 5) is 0. The van der Waals surface area contributed by atoms with E-state index in [1.54, 1.807) is 27.7 Å². The van der Waals surface area contributed by atoms with Crippen molar-refractivity contribution in [2.75, 3.05) is 20.3 Å². The van der Waals surface area contributed by atoms with Crippen LogP contribution in [0.15, 0.2) is 0 Å². The molecule has 0 aromatic rings. The number of ether oxygens (including phenoxy) is 2. The highest BCUT2D eigenvalue weighted by Crippen LogP contribution is 2.54. The third-order valence-corrected chi connectivity index (χ3v) is 5.49. The van der Waals surface area contributed by atoms with E-state index in [-0.39, 0.29) is 13.2 Å². The van der Waals surface area contributed by atoms with E-state index in [9.17, 15) is 15.3 Å². The van der Waals surface area contributed by atoms with Crippen LogP contribution < -0.4 is 0 Å². The quantitative estimate of drug-likeness (QED) is 0.704. The van der Waals surface area contributed by atoms with Gasteiger partial charge < -0.3 is 24.8 Å². The predicted octanol–water partition coefficient (Wildman–Crippen LogP) is 0.701. The topological polar surface area (TPSA) is 79.2 Å². The molecule has 1 aliphatic heterocycles. The molecule has 0 aromatic heterocycles. The van der Waals surface area contributed by atoms with E-state index in [4.69, 9.17) is 9.47 Å². The summed E-state index contributed by atoms with van der Waals surface area (Å²) in [6, 6.07) is 0. The molecule has 1 saturated heterocycles. The molecule has 1 aliphatic rings. The van der Waals surface area contributed by atoms with Gasteiger partial charge >= 0.3 is 0 Å². The van der Waals surface area contributed by atoms with Crippen molar-refractivity contribution < 1.29 is 24.8 Å². The second kappa shape index (κ2) is 4.97. The second-order valence-electron chi connectivity index (χ2n) is 6.37. The maximum absolute atomic E-state index is 11.0. The molecule has 5 atom stereocenters. The summed E-state index contributed by atoms with van der Waals surface area (Å²) in [7, 11) is 1.53. The van der Waals surface area contributed by atoms with Crippen LogP contribution in [0.3, 0.4) is 0 Å². The standard InChI is InChI=1S/C14H28O5/c1-7-12(3)14(5,17)13(4,16)11(2,9-18-6)10(8-15)19-12/h10,15-17H,7-9H2,1-6H3/t10?,11-,12-,13?,14?/m1/s1. The van der Waals surface area contributed by atoms with Gasteiger partial charge in [-0.25, -0.2) is 0 Å². The molecule has 1 fully saturated rings. The maximum atomic E-state index is 11.0. The molecule has 3 unspecified atom stereocenters. The first kappa shape index (κ1) is 16.9. The molecule has 0 bridgehead atoms. The monoisotopic (exact) mass is 276 g/mol. The van der Waals surface area contributed by atoms with Crippen LogP contribution in [-0.4, -0.2) is 58.6 Å². The molecule has 0 saturated carbocycles. The van der Waals surface area contributed by atoms with E-state index in [1.165, 1.54) is 7.11 Å². The van der Waals surface area contributed by atoms with Crippen molar-refractivity contribution in [1.82, 2.24) is 0 Å². The van der Waals surface area contributed by atoms with Crippen LogP contribution in [-0.2, 0) is 9.47 Å². The molecule has 5 nitrogen and oxygen atoms in total. The van der Waals surface area contributed by atoms with Gasteiger partial charge in [-0.2, -0.15) is 0 Å². The van der Waals surface area contributed by atoms with Crippen LogP contribution in [0.2, 0.25) is 0 Å². The molecule has 19 heavy (non-hydrogen) atoms. The van der Waals surface area contributed by atoms with Crippen LogP contribution in [0.5, 0.6) is 0 Å². The summed E-state index contributed by atoms with van der Waals surface area (Å²) in [5.41, 5.74) is -4.77. The van der Waals surface area contributed by atoms with Crippen LogP contribution in [0, 0.1) is 5.41 Å². The first-order valence-corrected chi connectivity index (χ1v) is 6.76. The van der Waals surface area contributed by atoms with Gasteiger partial charge in [0.1, 0.15) is 11.2 Å². The van der Waals surface area contributed by atoms with Crippen LogP contribution in [0.4, 0.5) is 0 Å². The minimum absolute atomic E-state index is 0.182. The fourth-order valence-corrected chi connectivity index (χ4v) is 3.14. The Morgan fingerprint density at radius 1 is 1.11 bits per heavy atom.